The summed E-state index contributed by atoms with van der Waals surface area (Å²) in [4.78, 5) is 10.4. The van der Waals surface area contributed by atoms with Crippen molar-refractivity contribution in [3.63, 3.8) is 0 Å². The number of carbonyl (C=O) groups is 1. The number of hydrogen-bond acceptors (Lipinski definition) is 2. The Bertz CT molecular complexity index is 426. The first-order valence-electron chi connectivity index (χ1n) is 4.79. The molecule has 0 aliphatic heterocycles. The number of aliphatic hydroxyl groups excluding tert-OH is 1. The topological polar surface area (TPSA) is 57.5 Å². The maximum Gasteiger partial charge on any atom is 0.416 e. The molecule has 0 bridgehead atoms. The first kappa shape index (κ1) is 13.5. The molecule has 0 aromatic heterocycles. The zero-order chi connectivity index (χ0) is 13.2. The first-order chi connectivity index (χ1) is 7.71. The fourth-order valence-corrected chi connectivity index (χ4v) is 1.40. The van der Waals surface area contributed by atoms with E-state index < -0.39 is 23.8 Å². The molecule has 0 fully saturated rings. The molecule has 94 valence electrons. The van der Waals surface area contributed by atoms with Gasteiger partial charge in [-0.15, -0.1) is 0 Å². The van der Waals surface area contributed by atoms with Gasteiger partial charge >= 0.3 is 12.1 Å². The lowest BCUT2D eigenvalue weighted by Crippen LogP contribution is -2.22. The van der Waals surface area contributed by atoms with Gasteiger partial charge in [0.1, 0.15) is 0 Å². The highest BCUT2D eigenvalue weighted by Gasteiger charge is 2.30. The second-order valence-corrected chi connectivity index (χ2v) is 3.70. The molecule has 0 amide bonds. The summed E-state index contributed by atoms with van der Waals surface area (Å²) in [6.45, 7) is 1.44. The van der Waals surface area contributed by atoms with Gasteiger partial charge in [0.2, 0.25) is 0 Å². The number of aryl methyl sites for hydroxylation is 1. The summed E-state index contributed by atoms with van der Waals surface area (Å²) in [5.41, 5.74) is -0.100. The summed E-state index contributed by atoms with van der Waals surface area (Å²) >= 11 is 0. The van der Waals surface area contributed by atoms with Crippen LogP contribution in [0.15, 0.2) is 18.2 Å². The van der Waals surface area contributed by atoms with Gasteiger partial charge in [-0.3, -0.25) is 0 Å². The van der Waals surface area contributed by atoms with Gasteiger partial charge in [0.25, 0.3) is 0 Å². The Morgan fingerprint density at radius 3 is 2.41 bits per heavy atom. The number of carboxylic acid groups (broad SMARTS) is 1. The van der Waals surface area contributed by atoms with Crippen molar-refractivity contribution in [2.75, 3.05) is 0 Å². The lowest BCUT2D eigenvalue weighted by atomic mass is 10.00. The second-order valence-electron chi connectivity index (χ2n) is 3.70. The van der Waals surface area contributed by atoms with E-state index in [1.165, 1.54) is 13.0 Å². The minimum Gasteiger partial charge on any atom is -0.479 e. The van der Waals surface area contributed by atoms with Crippen molar-refractivity contribution in [1.82, 2.24) is 0 Å². The number of benzene rings is 1. The first-order valence-corrected chi connectivity index (χ1v) is 4.79. The summed E-state index contributed by atoms with van der Waals surface area (Å²) in [5, 5.41) is 17.6. The molecule has 3 nitrogen and oxygen atoms in total. The zero-order valence-corrected chi connectivity index (χ0v) is 8.95. The van der Waals surface area contributed by atoms with Crippen LogP contribution in [0.4, 0.5) is 13.2 Å². The van der Waals surface area contributed by atoms with Crippen LogP contribution >= 0.6 is 0 Å². The Morgan fingerprint density at radius 2 is 2.00 bits per heavy atom. The Hall–Kier alpha value is -1.56. The summed E-state index contributed by atoms with van der Waals surface area (Å²) in [6, 6.07) is 2.99. The molecule has 0 aliphatic carbocycles. The van der Waals surface area contributed by atoms with E-state index >= 15 is 0 Å². The van der Waals surface area contributed by atoms with Crippen molar-refractivity contribution in [2.24, 2.45) is 0 Å². The van der Waals surface area contributed by atoms with Crippen LogP contribution in [0, 0.1) is 6.92 Å². The molecule has 1 atom stereocenters. The van der Waals surface area contributed by atoms with E-state index in [4.69, 9.17) is 10.2 Å². The van der Waals surface area contributed by atoms with E-state index in [2.05, 4.69) is 0 Å². The molecule has 0 spiro atoms. The Balaban J connectivity index is 2.95. The normalized spacial score (nSPS) is 13.5. The SMILES string of the molecule is Cc1cc(C(F)(F)F)ccc1CC(O)C(=O)O. The molecular formula is C11H11F3O3. The average Bonchev–Trinajstić information content (AvgIpc) is 2.19. The molecule has 6 heteroatoms. The third kappa shape index (κ3) is 3.45. The van der Waals surface area contributed by atoms with Crippen LogP contribution in [0.1, 0.15) is 16.7 Å². The highest BCUT2D eigenvalue weighted by atomic mass is 19.4. The molecule has 0 heterocycles. The minimum atomic E-state index is -4.42. The predicted molar refractivity (Wildman–Crippen MR) is 53.5 cm³/mol. The maximum absolute atomic E-state index is 12.3. The molecule has 0 saturated heterocycles. The van der Waals surface area contributed by atoms with Crippen LogP contribution in [-0.2, 0) is 17.4 Å². The van der Waals surface area contributed by atoms with E-state index in [1.54, 1.807) is 0 Å². The van der Waals surface area contributed by atoms with Crippen LogP contribution in [0.3, 0.4) is 0 Å². The van der Waals surface area contributed by atoms with E-state index in [0.717, 1.165) is 12.1 Å². The number of carboxylic acids is 1. The third-order valence-electron chi connectivity index (χ3n) is 2.37. The number of halogens is 3. The van der Waals surface area contributed by atoms with Crippen molar-refractivity contribution < 1.29 is 28.2 Å². The third-order valence-corrected chi connectivity index (χ3v) is 2.37. The van der Waals surface area contributed by atoms with Gasteiger partial charge in [-0.1, -0.05) is 6.07 Å². The smallest absolute Gasteiger partial charge is 0.416 e. The van der Waals surface area contributed by atoms with Gasteiger partial charge in [-0.25, -0.2) is 4.79 Å². The van der Waals surface area contributed by atoms with Crippen molar-refractivity contribution in [2.45, 2.75) is 25.6 Å². The number of rotatable bonds is 3. The highest BCUT2D eigenvalue weighted by molar-refractivity contribution is 5.72. The molecule has 17 heavy (non-hydrogen) atoms. The Labute approximate surface area is 95.5 Å². The van der Waals surface area contributed by atoms with E-state index in [0.29, 0.717) is 11.1 Å². The quantitative estimate of drug-likeness (QED) is 0.860. The molecule has 0 aliphatic rings. The monoisotopic (exact) mass is 248 g/mol. The van der Waals surface area contributed by atoms with Crippen molar-refractivity contribution in [1.29, 1.82) is 0 Å². The molecule has 1 unspecified atom stereocenters. The van der Waals surface area contributed by atoms with E-state index in [-0.39, 0.29) is 6.42 Å². The molecule has 0 radical (unpaired) electrons. The van der Waals surface area contributed by atoms with Crippen LogP contribution in [-0.4, -0.2) is 22.3 Å². The van der Waals surface area contributed by atoms with Crippen LogP contribution in [0.25, 0.3) is 0 Å². The minimum absolute atomic E-state index is 0.209. The zero-order valence-electron chi connectivity index (χ0n) is 8.95. The lowest BCUT2D eigenvalue weighted by Gasteiger charge is -2.12. The molecular weight excluding hydrogens is 237 g/mol. The Kier molecular flexibility index (Phi) is 3.77. The summed E-state index contributed by atoms with van der Waals surface area (Å²) < 4.78 is 37.0. The fraction of sp³-hybridized carbons (Fsp3) is 0.364. The predicted octanol–water partition coefficient (Wildman–Crippen LogP) is 2.00. The van der Waals surface area contributed by atoms with E-state index in [1.807, 2.05) is 0 Å². The second kappa shape index (κ2) is 4.75. The van der Waals surface area contributed by atoms with Gasteiger partial charge in [0, 0.05) is 6.42 Å². The van der Waals surface area contributed by atoms with Crippen LogP contribution in [0.2, 0.25) is 0 Å². The van der Waals surface area contributed by atoms with Crippen LogP contribution in [0.5, 0.6) is 0 Å². The number of aliphatic hydroxyl groups is 1. The van der Waals surface area contributed by atoms with Gasteiger partial charge in [0.15, 0.2) is 6.10 Å². The molecule has 0 saturated carbocycles. The lowest BCUT2D eigenvalue weighted by molar-refractivity contribution is -0.146. The largest absolute Gasteiger partial charge is 0.479 e. The van der Waals surface area contributed by atoms with Gasteiger partial charge in [-0.2, -0.15) is 13.2 Å². The van der Waals surface area contributed by atoms with Crippen molar-refractivity contribution in [3.05, 3.63) is 34.9 Å². The van der Waals surface area contributed by atoms with Gasteiger partial charge < -0.3 is 10.2 Å². The number of aliphatic carboxylic acids is 1. The van der Waals surface area contributed by atoms with Gasteiger partial charge in [-0.05, 0) is 30.2 Å². The summed E-state index contributed by atoms with van der Waals surface area (Å²) in [6.07, 6.45) is -6.24. The summed E-state index contributed by atoms with van der Waals surface area (Å²) in [7, 11) is 0. The number of alkyl halides is 3. The molecule has 1 aromatic carbocycles. The maximum atomic E-state index is 12.3. The fourth-order valence-electron chi connectivity index (χ4n) is 1.40. The van der Waals surface area contributed by atoms with Crippen LogP contribution < -0.4 is 0 Å². The van der Waals surface area contributed by atoms with Gasteiger partial charge in [0.05, 0.1) is 5.56 Å². The Morgan fingerprint density at radius 1 is 1.41 bits per heavy atom. The molecule has 1 rings (SSSR count). The highest BCUT2D eigenvalue weighted by Crippen LogP contribution is 2.30. The van der Waals surface area contributed by atoms with Crippen molar-refractivity contribution >= 4 is 5.97 Å². The van der Waals surface area contributed by atoms with E-state index in [9.17, 15) is 18.0 Å². The number of hydrogen-bond donors (Lipinski definition) is 2. The molecule has 2 N–H and O–H groups in total. The van der Waals surface area contributed by atoms with Crippen molar-refractivity contribution in [3.8, 4) is 0 Å². The standard InChI is InChI=1S/C11H11F3O3/c1-6-4-8(11(12,13)14)3-2-7(6)5-9(15)10(16)17/h2-4,9,15H,5H2,1H3,(H,16,17). The summed E-state index contributed by atoms with van der Waals surface area (Å²) in [5.74, 6) is -1.40. The molecule has 1 aromatic rings. The average molecular weight is 248 g/mol.